The Bertz CT molecular complexity index is 67.3. The van der Waals surface area contributed by atoms with Gasteiger partial charge in [0, 0.05) is 0 Å². The summed E-state index contributed by atoms with van der Waals surface area (Å²) in [5.41, 5.74) is 0. The molecule has 0 spiro atoms. The molecule has 0 radical (unpaired) electrons. The molecule has 0 amide bonds. The van der Waals surface area contributed by atoms with Crippen molar-refractivity contribution in [1.29, 1.82) is 0 Å². The summed E-state index contributed by atoms with van der Waals surface area (Å²) in [5.74, 6) is 2.04. The van der Waals surface area contributed by atoms with Gasteiger partial charge in [-0.15, -0.1) is 0 Å². The molecule has 11 heavy (non-hydrogen) atoms. The first kappa shape index (κ1) is 11.4. The molecule has 0 aromatic carbocycles. The van der Waals surface area contributed by atoms with Gasteiger partial charge in [-0.2, -0.15) is 12.6 Å². The minimum atomic E-state index is 0.981. The smallest absolute Gasteiger partial charge is 0.00979 e. The van der Waals surface area contributed by atoms with Gasteiger partial charge in [-0.25, -0.2) is 0 Å². The molecule has 0 N–H and O–H groups in total. The molecule has 0 nitrogen and oxygen atoms in total. The van der Waals surface area contributed by atoms with E-state index in [9.17, 15) is 0 Å². The summed E-state index contributed by atoms with van der Waals surface area (Å²) >= 11 is 4.19. The van der Waals surface area contributed by atoms with E-state index in [-0.39, 0.29) is 0 Å². The van der Waals surface area contributed by atoms with Crippen LogP contribution in [-0.4, -0.2) is 5.75 Å². The fraction of sp³-hybridized carbons (Fsp3) is 1.00. The van der Waals surface area contributed by atoms with Gasteiger partial charge in [-0.3, -0.25) is 0 Å². The number of rotatable bonds is 7. The van der Waals surface area contributed by atoms with Crippen LogP contribution in [0.3, 0.4) is 0 Å². The number of hydrogen-bond donors (Lipinski definition) is 1. The van der Waals surface area contributed by atoms with Gasteiger partial charge in [0.25, 0.3) is 0 Å². The van der Waals surface area contributed by atoms with Gasteiger partial charge in [0.05, 0.1) is 0 Å². The van der Waals surface area contributed by atoms with E-state index in [2.05, 4.69) is 26.5 Å². The normalized spacial score (nSPS) is 10.9. The van der Waals surface area contributed by atoms with Gasteiger partial charge in [-0.1, -0.05) is 46.0 Å². The van der Waals surface area contributed by atoms with Crippen LogP contribution >= 0.6 is 12.6 Å². The van der Waals surface area contributed by atoms with Gasteiger partial charge in [-0.05, 0) is 18.1 Å². The molecule has 0 fully saturated rings. The van der Waals surface area contributed by atoms with Crippen molar-refractivity contribution in [3.8, 4) is 0 Å². The van der Waals surface area contributed by atoms with Crippen LogP contribution in [0.5, 0.6) is 0 Å². The lowest BCUT2D eigenvalue weighted by Gasteiger charge is -2.10. The Balaban J connectivity index is 3.07. The quantitative estimate of drug-likeness (QED) is 0.439. The third kappa shape index (κ3) is 6.74. The maximum Gasteiger partial charge on any atom is -0.00979 e. The van der Waals surface area contributed by atoms with E-state index in [1.165, 1.54) is 38.5 Å². The maximum atomic E-state index is 4.19. The van der Waals surface area contributed by atoms with E-state index < -0.39 is 0 Å². The van der Waals surface area contributed by atoms with E-state index in [1.807, 2.05) is 0 Å². The highest BCUT2D eigenvalue weighted by molar-refractivity contribution is 7.80. The molecule has 0 aliphatic rings. The molecule has 0 aliphatic carbocycles. The largest absolute Gasteiger partial charge is 0.179 e. The highest BCUT2D eigenvalue weighted by Gasteiger charge is 2.01. The van der Waals surface area contributed by atoms with Gasteiger partial charge < -0.3 is 0 Å². The van der Waals surface area contributed by atoms with Crippen molar-refractivity contribution < 1.29 is 0 Å². The first-order valence-corrected chi connectivity index (χ1v) is 5.59. The topological polar surface area (TPSA) is 0 Å². The first-order chi connectivity index (χ1) is 5.35. The molecule has 0 saturated heterocycles. The molecule has 0 aliphatic heterocycles. The van der Waals surface area contributed by atoms with Crippen LogP contribution < -0.4 is 0 Å². The van der Waals surface area contributed by atoms with Crippen LogP contribution in [-0.2, 0) is 0 Å². The number of thiol groups is 1. The molecule has 68 valence electrons. The lowest BCUT2D eigenvalue weighted by Crippen LogP contribution is -1.96. The predicted octanol–water partition coefficient (Wildman–Crippen LogP) is 3.91. The molecule has 0 unspecified atom stereocenters. The standard InChI is InChI=1S/C10H22S/c1-3-10(4-2)8-6-5-7-9-11/h10-11H,3-9H2,1-2H3. The Labute approximate surface area is 77.2 Å². The molecule has 0 heterocycles. The fourth-order valence-electron chi connectivity index (χ4n) is 1.42. The number of unbranched alkanes of at least 4 members (excludes halogenated alkanes) is 2. The summed E-state index contributed by atoms with van der Waals surface area (Å²) in [6, 6.07) is 0. The minimum Gasteiger partial charge on any atom is -0.179 e. The Hall–Kier alpha value is 0.350. The second-order valence-electron chi connectivity index (χ2n) is 3.26. The third-order valence-corrected chi connectivity index (χ3v) is 2.74. The molecule has 0 atom stereocenters. The monoisotopic (exact) mass is 174 g/mol. The van der Waals surface area contributed by atoms with E-state index in [0.29, 0.717) is 0 Å². The second kappa shape index (κ2) is 8.45. The summed E-state index contributed by atoms with van der Waals surface area (Å²) in [4.78, 5) is 0. The Morgan fingerprint density at radius 3 is 2.09 bits per heavy atom. The zero-order valence-electron chi connectivity index (χ0n) is 7.97. The average molecular weight is 174 g/mol. The van der Waals surface area contributed by atoms with Crippen molar-refractivity contribution in [2.45, 2.75) is 52.4 Å². The van der Waals surface area contributed by atoms with E-state index >= 15 is 0 Å². The second-order valence-corrected chi connectivity index (χ2v) is 3.70. The van der Waals surface area contributed by atoms with Gasteiger partial charge >= 0.3 is 0 Å². The highest BCUT2D eigenvalue weighted by atomic mass is 32.1. The Kier molecular flexibility index (Phi) is 8.72. The molecule has 0 bridgehead atoms. The van der Waals surface area contributed by atoms with Crippen LogP contribution in [0.4, 0.5) is 0 Å². The van der Waals surface area contributed by atoms with Crippen molar-refractivity contribution in [3.63, 3.8) is 0 Å². The van der Waals surface area contributed by atoms with Crippen molar-refractivity contribution >= 4 is 12.6 Å². The zero-order chi connectivity index (χ0) is 8.53. The summed E-state index contributed by atoms with van der Waals surface area (Å²) < 4.78 is 0. The average Bonchev–Trinajstić information content (AvgIpc) is 2.05. The van der Waals surface area contributed by atoms with Crippen molar-refractivity contribution in [1.82, 2.24) is 0 Å². The molecule has 0 saturated carbocycles. The van der Waals surface area contributed by atoms with Crippen molar-refractivity contribution in [2.24, 2.45) is 5.92 Å². The van der Waals surface area contributed by atoms with Crippen molar-refractivity contribution in [3.05, 3.63) is 0 Å². The summed E-state index contributed by atoms with van der Waals surface area (Å²) in [5, 5.41) is 0. The number of hydrogen-bond acceptors (Lipinski definition) is 1. The molecule has 0 rings (SSSR count). The summed E-state index contributed by atoms with van der Waals surface area (Å²) in [6.07, 6.45) is 8.23. The summed E-state index contributed by atoms with van der Waals surface area (Å²) in [6.45, 7) is 4.60. The first-order valence-electron chi connectivity index (χ1n) is 4.96. The third-order valence-electron chi connectivity index (χ3n) is 2.43. The van der Waals surface area contributed by atoms with E-state index in [0.717, 1.165) is 11.7 Å². The molecular weight excluding hydrogens is 152 g/mol. The predicted molar refractivity (Wildman–Crippen MR) is 56.4 cm³/mol. The lowest BCUT2D eigenvalue weighted by molar-refractivity contribution is 0.433. The fourth-order valence-corrected chi connectivity index (χ4v) is 1.64. The molecular formula is C10H22S. The van der Waals surface area contributed by atoms with Crippen LogP contribution in [0.2, 0.25) is 0 Å². The van der Waals surface area contributed by atoms with Crippen LogP contribution in [0.15, 0.2) is 0 Å². The van der Waals surface area contributed by atoms with Gasteiger partial charge in [0.2, 0.25) is 0 Å². The Morgan fingerprint density at radius 2 is 1.64 bits per heavy atom. The SMILES string of the molecule is CCC(CC)CCCCCS. The molecule has 1 heteroatoms. The van der Waals surface area contributed by atoms with Crippen LogP contribution in [0, 0.1) is 5.92 Å². The maximum absolute atomic E-state index is 4.19. The summed E-state index contributed by atoms with van der Waals surface area (Å²) in [7, 11) is 0. The van der Waals surface area contributed by atoms with Gasteiger partial charge in [0.15, 0.2) is 0 Å². The van der Waals surface area contributed by atoms with Gasteiger partial charge in [0.1, 0.15) is 0 Å². The zero-order valence-corrected chi connectivity index (χ0v) is 8.87. The van der Waals surface area contributed by atoms with Crippen LogP contribution in [0.25, 0.3) is 0 Å². The van der Waals surface area contributed by atoms with Crippen LogP contribution in [0.1, 0.15) is 52.4 Å². The molecule has 0 aromatic rings. The minimum absolute atomic E-state index is 0.981. The molecule has 0 aromatic heterocycles. The Morgan fingerprint density at radius 1 is 1.00 bits per heavy atom. The highest BCUT2D eigenvalue weighted by Crippen LogP contribution is 2.16. The van der Waals surface area contributed by atoms with Crippen molar-refractivity contribution in [2.75, 3.05) is 5.75 Å². The lowest BCUT2D eigenvalue weighted by atomic mass is 9.96. The van der Waals surface area contributed by atoms with E-state index in [1.54, 1.807) is 0 Å². The van der Waals surface area contributed by atoms with E-state index in [4.69, 9.17) is 0 Å².